The summed E-state index contributed by atoms with van der Waals surface area (Å²) in [5, 5.41) is 15.3. The van der Waals surface area contributed by atoms with Crippen LogP contribution in [0.4, 0.5) is 10.6 Å². The van der Waals surface area contributed by atoms with Crippen molar-refractivity contribution < 1.29 is 19.4 Å². The van der Waals surface area contributed by atoms with E-state index < -0.39 is 12.1 Å². The van der Waals surface area contributed by atoms with E-state index >= 15 is 0 Å². The third kappa shape index (κ3) is 2.99. The number of aromatic nitrogens is 2. The van der Waals surface area contributed by atoms with Crippen LogP contribution in [0.3, 0.4) is 0 Å². The molecule has 0 aliphatic heterocycles. The summed E-state index contributed by atoms with van der Waals surface area (Å²) in [6.45, 7) is 0.135. The van der Waals surface area contributed by atoms with Crippen LogP contribution >= 0.6 is 11.6 Å². The van der Waals surface area contributed by atoms with Gasteiger partial charge in [-0.05, 0) is 22.3 Å². The highest BCUT2D eigenvalue weighted by molar-refractivity contribution is 6.36. The minimum atomic E-state index is -1.24. The van der Waals surface area contributed by atoms with Crippen LogP contribution in [0.1, 0.15) is 27.5 Å². The first kappa shape index (κ1) is 18.1. The zero-order valence-corrected chi connectivity index (χ0v) is 15.6. The van der Waals surface area contributed by atoms with E-state index in [1.165, 1.54) is 7.05 Å². The number of hydrogen-bond donors (Lipinski definition) is 2. The zero-order valence-electron chi connectivity index (χ0n) is 14.8. The van der Waals surface area contributed by atoms with E-state index in [2.05, 4.69) is 22.5 Å². The van der Waals surface area contributed by atoms with Crippen molar-refractivity contribution in [3.05, 3.63) is 70.4 Å². The molecule has 1 aliphatic carbocycles. The van der Waals surface area contributed by atoms with Gasteiger partial charge in [0.2, 0.25) is 0 Å². The standard InChI is InChI=1S/C20H16ClN3O4/c1-24-17(19(25)26)16(21)18(23-24)22-20(27)28-10-15-13-8-4-2-6-11(13)12-7-3-5-9-14(12)15/h2-9,15H,10H2,1H3,(H,25,26)(H,22,23,27). The van der Waals surface area contributed by atoms with E-state index in [9.17, 15) is 9.59 Å². The maximum atomic E-state index is 12.2. The topological polar surface area (TPSA) is 93.5 Å². The summed E-state index contributed by atoms with van der Waals surface area (Å²) in [5.74, 6) is -1.37. The molecule has 0 unspecified atom stereocenters. The number of rotatable bonds is 4. The van der Waals surface area contributed by atoms with Crippen LogP contribution in [0.25, 0.3) is 11.1 Å². The molecule has 0 saturated carbocycles. The largest absolute Gasteiger partial charge is 0.476 e. The molecule has 3 aromatic rings. The summed E-state index contributed by atoms with van der Waals surface area (Å²) in [5.41, 5.74) is 4.24. The number of amides is 1. The lowest BCUT2D eigenvalue weighted by atomic mass is 9.98. The number of anilines is 1. The third-order valence-corrected chi connectivity index (χ3v) is 5.11. The Kier molecular flexibility index (Phi) is 4.52. The van der Waals surface area contributed by atoms with Crippen LogP contribution < -0.4 is 5.32 Å². The zero-order chi connectivity index (χ0) is 19.8. The predicted molar refractivity (Wildman–Crippen MR) is 104 cm³/mol. The molecule has 1 amide bonds. The molecule has 28 heavy (non-hydrogen) atoms. The van der Waals surface area contributed by atoms with Crippen molar-refractivity contribution >= 4 is 29.5 Å². The van der Waals surface area contributed by atoms with Gasteiger partial charge in [0, 0.05) is 13.0 Å². The van der Waals surface area contributed by atoms with Crippen molar-refractivity contribution in [2.75, 3.05) is 11.9 Å². The van der Waals surface area contributed by atoms with Gasteiger partial charge in [0.05, 0.1) is 0 Å². The quantitative estimate of drug-likeness (QED) is 0.690. The molecule has 2 aromatic carbocycles. The van der Waals surface area contributed by atoms with Crippen molar-refractivity contribution in [1.82, 2.24) is 9.78 Å². The molecule has 1 heterocycles. The molecule has 0 spiro atoms. The van der Waals surface area contributed by atoms with Gasteiger partial charge in [-0.1, -0.05) is 60.1 Å². The fourth-order valence-electron chi connectivity index (χ4n) is 3.54. The summed E-state index contributed by atoms with van der Waals surface area (Å²) in [7, 11) is 1.43. The summed E-state index contributed by atoms with van der Waals surface area (Å²) in [4.78, 5) is 23.4. The number of carboxylic acid groups (broad SMARTS) is 1. The summed E-state index contributed by atoms with van der Waals surface area (Å²) in [6.07, 6.45) is -0.751. The highest BCUT2D eigenvalue weighted by Crippen LogP contribution is 2.44. The van der Waals surface area contributed by atoms with Crippen LogP contribution in [-0.4, -0.2) is 33.6 Å². The molecule has 0 radical (unpaired) electrons. The van der Waals surface area contributed by atoms with Gasteiger partial charge in [-0.2, -0.15) is 5.10 Å². The molecule has 4 rings (SSSR count). The Bertz CT molecular complexity index is 1050. The van der Waals surface area contributed by atoms with Gasteiger partial charge in [0.25, 0.3) is 0 Å². The molecule has 0 saturated heterocycles. The van der Waals surface area contributed by atoms with Gasteiger partial charge in [-0.15, -0.1) is 0 Å². The lowest BCUT2D eigenvalue weighted by Gasteiger charge is -2.14. The normalized spacial score (nSPS) is 12.4. The first-order valence-corrected chi connectivity index (χ1v) is 8.93. The number of aromatic carboxylic acids is 1. The maximum Gasteiger partial charge on any atom is 0.412 e. The molecule has 0 bridgehead atoms. The average molecular weight is 398 g/mol. The van der Waals surface area contributed by atoms with Crippen LogP contribution in [0.5, 0.6) is 0 Å². The molecule has 0 atom stereocenters. The first-order valence-electron chi connectivity index (χ1n) is 8.55. The van der Waals surface area contributed by atoms with Crippen molar-refractivity contribution in [2.24, 2.45) is 7.05 Å². The lowest BCUT2D eigenvalue weighted by molar-refractivity contribution is 0.0685. The minimum absolute atomic E-state index is 0.0567. The minimum Gasteiger partial charge on any atom is -0.476 e. The third-order valence-electron chi connectivity index (χ3n) is 4.76. The summed E-state index contributed by atoms with van der Waals surface area (Å²) >= 11 is 6.00. The number of ether oxygens (including phenoxy) is 1. The number of nitrogens with one attached hydrogen (secondary N) is 1. The number of halogens is 1. The second-order valence-corrected chi connectivity index (χ2v) is 6.77. The number of carboxylic acids is 1. The fraction of sp³-hybridized carbons (Fsp3) is 0.150. The van der Waals surface area contributed by atoms with Gasteiger partial charge < -0.3 is 9.84 Å². The summed E-state index contributed by atoms with van der Waals surface area (Å²) in [6, 6.07) is 16.0. The number of hydrogen-bond acceptors (Lipinski definition) is 4. The Hall–Kier alpha value is -3.32. The second kappa shape index (κ2) is 7.01. The first-order chi connectivity index (χ1) is 13.5. The SMILES string of the molecule is Cn1nc(NC(=O)OCC2c3ccccc3-c3ccccc32)c(Cl)c1C(=O)O. The van der Waals surface area contributed by atoms with Crippen molar-refractivity contribution in [2.45, 2.75) is 5.92 Å². The second-order valence-electron chi connectivity index (χ2n) is 6.39. The molecule has 1 aromatic heterocycles. The summed E-state index contributed by atoms with van der Waals surface area (Å²) < 4.78 is 6.49. The van der Waals surface area contributed by atoms with Crippen molar-refractivity contribution in [3.8, 4) is 11.1 Å². The molecular formula is C20H16ClN3O4. The van der Waals surface area contributed by atoms with E-state index in [-0.39, 0.29) is 29.1 Å². The van der Waals surface area contributed by atoms with E-state index in [0.717, 1.165) is 26.9 Å². The Labute approximate surface area is 165 Å². The van der Waals surface area contributed by atoms with Gasteiger partial charge >= 0.3 is 12.1 Å². The van der Waals surface area contributed by atoms with Crippen LogP contribution in [0.2, 0.25) is 5.02 Å². The monoisotopic (exact) mass is 397 g/mol. The highest BCUT2D eigenvalue weighted by Gasteiger charge is 2.29. The Morgan fingerprint density at radius 1 is 1.14 bits per heavy atom. The van der Waals surface area contributed by atoms with E-state index in [1.54, 1.807) is 0 Å². The molecule has 1 aliphatic rings. The van der Waals surface area contributed by atoms with Crippen LogP contribution in [0, 0.1) is 0 Å². The van der Waals surface area contributed by atoms with Gasteiger partial charge in [-0.25, -0.2) is 9.59 Å². The average Bonchev–Trinajstić information content (AvgIpc) is 3.14. The number of nitrogens with zero attached hydrogens (tertiary/aromatic N) is 2. The Balaban J connectivity index is 1.50. The van der Waals surface area contributed by atoms with Gasteiger partial charge in [-0.3, -0.25) is 10.00 Å². The van der Waals surface area contributed by atoms with Gasteiger partial charge in [0.1, 0.15) is 11.6 Å². The van der Waals surface area contributed by atoms with E-state index in [4.69, 9.17) is 21.4 Å². The number of carbonyl (C=O) groups excluding carboxylic acids is 1. The van der Waals surface area contributed by atoms with Crippen molar-refractivity contribution in [3.63, 3.8) is 0 Å². The lowest BCUT2D eigenvalue weighted by Crippen LogP contribution is -2.18. The predicted octanol–water partition coefficient (Wildman–Crippen LogP) is 4.13. The van der Waals surface area contributed by atoms with E-state index in [0.29, 0.717) is 0 Å². The number of benzene rings is 2. The fourth-order valence-corrected chi connectivity index (χ4v) is 3.83. The van der Waals surface area contributed by atoms with Crippen molar-refractivity contribution in [1.29, 1.82) is 0 Å². The molecule has 7 nitrogen and oxygen atoms in total. The number of aryl methyl sites for hydroxylation is 1. The van der Waals surface area contributed by atoms with E-state index in [1.807, 2.05) is 36.4 Å². The molecule has 8 heteroatoms. The molecule has 142 valence electrons. The Morgan fingerprint density at radius 2 is 1.71 bits per heavy atom. The smallest absolute Gasteiger partial charge is 0.412 e. The molecule has 2 N–H and O–H groups in total. The van der Waals surface area contributed by atoms with Gasteiger partial charge in [0.15, 0.2) is 11.5 Å². The number of fused-ring (bicyclic) bond motifs is 3. The molecular weight excluding hydrogens is 382 g/mol. The Morgan fingerprint density at radius 3 is 2.25 bits per heavy atom. The van der Waals surface area contributed by atoms with Crippen LogP contribution in [0.15, 0.2) is 48.5 Å². The highest BCUT2D eigenvalue weighted by atomic mass is 35.5. The number of carbonyl (C=O) groups is 2. The molecule has 0 fully saturated rings. The maximum absolute atomic E-state index is 12.2. The van der Waals surface area contributed by atoms with Crippen LogP contribution in [-0.2, 0) is 11.8 Å².